The van der Waals surface area contributed by atoms with Crippen LogP contribution in [0.25, 0.3) is 0 Å². The first-order chi connectivity index (χ1) is 17.6. The number of H-pyrrole nitrogens is 1. The first kappa shape index (κ1) is 23.3. The number of hydrogen-bond donors (Lipinski definition) is 1. The van der Waals surface area contributed by atoms with E-state index in [-0.39, 0.29) is 0 Å². The normalized spacial score (nSPS) is 30.9. The summed E-state index contributed by atoms with van der Waals surface area (Å²) in [6.45, 7) is 2.95. The van der Waals surface area contributed by atoms with Crippen molar-refractivity contribution in [3.8, 4) is 0 Å². The zero-order valence-electron chi connectivity index (χ0n) is 19.9. The molecule has 188 valence electrons. The number of ether oxygens (including phenoxy) is 5. The molecule has 3 aliphatic rings. The average Bonchev–Trinajstić information content (AvgIpc) is 3.44. The van der Waals surface area contributed by atoms with Gasteiger partial charge in [-0.15, -0.1) is 0 Å². The molecule has 6 atom stereocenters. The maximum atomic E-state index is 12.8. The third-order valence-corrected chi connectivity index (χ3v) is 7.22. The second kappa shape index (κ2) is 9.42. The Kier molecular flexibility index (Phi) is 6.10. The predicted molar refractivity (Wildman–Crippen MR) is 128 cm³/mol. The van der Waals surface area contributed by atoms with E-state index in [1.807, 2.05) is 60.7 Å². The highest BCUT2D eigenvalue weighted by molar-refractivity contribution is 5.20. The topological polar surface area (TPSA) is 101 Å². The fourth-order valence-electron chi connectivity index (χ4n) is 5.41. The minimum Gasteiger partial charge on any atom is -0.370 e. The summed E-state index contributed by atoms with van der Waals surface area (Å²) >= 11 is 0. The van der Waals surface area contributed by atoms with Crippen molar-refractivity contribution in [1.29, 1.82) is 0 Å². The number of nitrogens with one attached hydrogen (secondary N) is 1. The van der Waals surface area contributed by atoms with Crippen LogP contribution in [0.1, 0.15) is 22.9 Å². The van der Waals surface area contributed by atoms with Gasteiger partial charge in [-0.3, -0.25) is 14.3 Å². The Bertz CT molecular complexity index is 1330. The molecule has 0 aliphatic carbocycles. The summed E-state index contributed by atoms with van der Waals surface area (Å²) in [5.74, 6) is 0. The number of benzene rings is 2. The van der Waals surface area contributed by atoms with Gasteiger partial charge in [-0.1, -0.05) is 60.7 Å². The molecule has 1 unspecified atom stereocenters. The van der Waals surface area contributed by atoms with Crippen molar-refractivity contribution in [2.24, 2.45) is 0 Å². The van der Waals surface area contributed by atoms with E-state index in [9.17, 15) is 9.59 Å². The van der Waals surface area contributed by atoms with Crippen molar-refractivity contribution in [1.82, 2.24) is 9.55 Å². The van der Waals surface area contributed by atoms with Crippen LogP contribution in [-0.4, -0.2) is 52.8 Å². The Morgan fingerprint density at radius 1 is 0.944 bits per heavy atom. The summed E-state index contributed by atoms with van der Waals surface area (Å²) in [6.07, 6.45) is -1.35. The molecule has 1 aromatic heterocycles. The van der Waals surface area contributed by atoms with Gasteiger partial charge in [0.2, 0.25) is 0 Å². The molecule has 36 heavy (non-hydrogen) atoms. The molecule has 0 radical (unpaired) electrons. The molecule has 9 heteroatoms. The van der Waals surface area contributed by atoms with Gasteiger partial charge in [-0.25, -0.2) is 4.79 Å². The smallest absolute Gasteiger partial charge is 0.330 e. The Labute approximate surface area is 207 Å². The molecule has 1 N–H and O–H groups in total. The lowest BCUT2D eigenvalue weighted by molar-refractivity contribution is -0.249. The van der Waals surface area contributed by atoms with Gasteiger partial charge in [-0.05, 0) is 18.1 Å². The van der Waals surface area contributed by atoms with Crippen LogP contribution in [-0.2, 0) is 36.9 Å². The molecule has 0 bridgehead atoms. The zero-order valence-corrected chi connectivity index (χ0v) is 19.9. The Hall–Kier alpha value is -3.08. The van der Waals surface area contributed by atoms with E-state index < -0.39 is 47.5 Å². The number of aromatic amines is 1. The Balaban J connectivity index is 1.36. The van der Waals surface area contributed by atoms with Gasteiger partial charge in [0, 0.05) is 11.8 Å². The lowest BCUT2D eigenvalue weighted by Gasteiger charge is -2.44. The third-order valence-electron chi connectivity index (χ3n) is 7.22. The van der Waals surface area contributed by atoms with Crippen molar-refractivity contribution >= 4 is 0 Å². The number of nitrogens with zero attached hydrogens (tertiary/aromatic N) is 1. The summed E-state index contributed by atoms with van der Waals surface area (Å²) in [5, 5.41) is 0. The van der Waals surface area contributed by atoms with E-state index in [1.54, 1.807) is 6.92 Å². The molecule has 3 fully saturated rings. The van der Waals surface area contributed by atoms with Crippen LogP contribution in [0.15, 0.2) is 76.4 Å². The summed E-state index contributed by atoms with van der Waals surface area (Å²) in [6, 6.07) is 19.7. The summed E-state index contributed by atoms with van der Waals surface area (Å²) in [5.41, 5.74) is 0.429. The standard InChI is InChI=1S/C27H28N2O7/c1-17-12-29(26(31)28-24(17)30)25-23-27(35-14-19-10-6-3-7-11-19)21(16-34-23)33-15-20(22(27)36-25)32-13-18-8-4-2-5-9-18/h2-12,20-23,25H,13-16H2,1H3,(H,28,30,31)/t20-,21-,22-,23-,25?,27-/m1/s1. The molecule has 0 spiro atoms. The SMILES string of the molecule is Cc1cn(C2O[C@@H]3[C@H](OCc4ccccc4)CO[C@@H]4CO[C@H]2[C@]34OCc2ccccc2)c(=O)[nH]c1=O. The zero-order chi connectivity index (χ0) is 24.7. The Morgan fingerprint density at radius 3 is 2.36 bits per heavy atom. The van der Waals surface area contributed by atoms with Crippen molar-refractivity contribution < 1.29 is 23.7 Å². The molecule has 9 nitrogen and oxygen atoms in total. The largest absolute Gasteiger partial charge is 0.370 e. The van der Waals surface area contributed by atoms with Crippen molar-refractivity contribution in [3.05, 3.63) is 104 Å². The van der Waals surface area contributed by atoms with Gasteiger partial charge in [0.15, 0.2) is 11.8 Å². The highest BCUT2D eigenvalue weighted by Gasteiger charge is 2.71. The fourth-order valence-corrected chi connectivity index (χ4v) is 5.41. The Morgan fingerprint density at radius 2 is 1.64 bits per heavy atom. The molecule has 0 saturated carbocycles. The summed E-state index contributed by atoms with van der Waals surface area (Å²) in [4.78, 5) is 27.2. The number of hydrogen-bond acceptors (Lipinski definition) is 7. The van der Waals surface area contributed by atoms with Crippen molar-refractivity contribution in [2.45, 2.75) is 56.4 Å². The molecule has 4 heterocycles. The van der Waals surface area contributed by atoms with E-state index in [2.05, 4.69) is 4.98 Å². The van der Waals surface area contributed by atoms with Gasteiger partial charge >= 0.3 is 5.69 Å². The third kappa shape index (κ3) is 3.93. The second-order valence-electron chi connectivity index (χ2n) is 9.46. The van der Waals surface area contributed by atoms with Gasteiger partial charge < -0.3 is 23.7 Å². The highest BCUT2D eigenvalue weighted by Crippen LogP contribution is 2.52. The van der Waals surface area contributed by atoms with Gasteiger partial charge in [0.05, 0.1) is 26.4 Å². The quantitative estimate of drug-likeness (QED) is 0.539. The number of aryl methyl sites for hydroxylation is 1. The minimum atomic E-state index is -0.996. The summed E-state index contributed by atoms with van der Waals surface area (Å²) < 4.78 is 33.3. The molecule has 3 saturated heterocycles. The van der Waals surface area contributed by atoms with Gasteiger partial charge in [-0.2, -0.15) is 0 Å². The lowest BCUT2D eigenvalue weighted by Crippen LogP contribution is -2.64. The number of rotatable bonds is 7. The van der Waals surface area contributed by atoms with Crippen LogP contribution in [0, 0.1) is 6.92 Å². The minimum absolute atomic E-state index is 0.304. The van der Waals surface area contributed by atoms with Crippen molar-refractivity contribution in [3.63, 3.8) is 0 Å². The molecule has 3 aliphatic heterocycles. The van der Waals surface area contributed by atoms with E-state index in [0.717, 1.165) is 11.1 Å². The maximum Gasteiger partial charge on any atom is 0.330 e. The molecular formula is C27H28N2O7. The first-order valence-electron chi connectivity index (χ1n) is 12.1. The molecule has 6 rings (SSSR count). The van der Waals surface area contributed by atoms with Crippen LogP contribution < -0.4 is 11.2 Å². The number of aromatic nitrogens is 2. The van der Waals surface area contributed by atoms with Crippen LogP contribution in [0.2, 0.25) is 0 Å². The van der Waals surface area contributed by atoms with E-state index in [0.29, 0.717) is 32.0 Å². The van der Waals surface area contributed by atoms with E-state index >= 15 is 0 Å². The van der Waals surface area contributed by atoms with Crippen LogP contribution in [0.3, 0.4) is 0 Å². The van der Waals surface area contributed by atoms with Crippen LogP contribution >= 0.6 is 0 Å². The maximum absolute atomic E-state index is 12.8. The van der Waals surface area contributed by atoms with Gasteiger partial charge in [0.1, 0.15) is 24.4 Å². The molecule has 3 aromatic rings. The molecule has 2 aromatic carbocycles. The average molecular weight is 493 g/mol. The summed E-state index contributed by atoms with van der Waals surface area (Å²) in [7, 11) is 0. The van der Waals surface area contributed by atoms with Gasteiger partial charge in [0.25, 0.3) is 5.56 Å². The van der Waals surface area contributed by atoms with E-state index in [4.69, 9.17) is 23.7 Å². The highest BCUT2D eigenvalue weighted by atomic mass is 16.7. The van der Waals surface area contributed by atoms with E-state index in [1.165, 1.54) is 10.8 Å². The fraction of sp³-hybridized carbons (Fsp3) is 0.407. The van der Waals surface area contributed by atoms with Crippen molar-refractivity contribution in [2.75, 3.05) is 13.2 Å². The predicted octanol–water partition coefficient (Wildman–Crippen LogP) is 2.08. The second-order valence-corrected chi connectivity index (χ2v) is 9.46. The first-order valence-corrected chi connectivity index (χ1v) is 12.1. The monoisotopic (exact) mass is 492 g/mol. The van der Waals surface area contributed by atoms with Crippen LogP contribution in [0.5, 0.6) is 0 Å². The molecular weight excluding hydrogens is 464 g/mol. The van der Waals surface area contributed by atoms with Crippen LogP contribution in [0.4, 0.5) is 0 Å². The lowest BCUT2D eigenvalue weighted by atomic mass is 9.83. The molecule has 0 amide bonds.